The fourth-order valence-corrected chi connectivity index (χ4v) is 1.79. The molecule has 0 saturated carbocycles. The SMILES string of the molecule is Cc1ccc(NN)c(C(=O)Nc2ccnc(C)c2)c1. The van der Waals surface area contributed by atoms with Crippen molar-refractivity contribution in [3.63, 3.8) is 0 Å². The molecule has 0 bridgehead atoms. The summed E-state index contributed by atoms with van der Waals surface area (Å²) in [7, 11) is 0. The number of aromatic nitrogens is 1. The summed E-state index contributed by atoms with van der Waals surface area (Å²) in [4.78, 5) is 16.3. The molecule has 4 N–H and O–H groups in total. The van der Waals surface area contributed by atoms with E-state index in [-0.39, 0.29) is 5.91 Å². The van der Waals surface area contributed by atoms with Gasteiger partial charge in [-0.3, -0.25) is 15.6 Å². The van der Waals surface area contributed by atoms with Gasteiger partial charge in [-0.15, -0.1) is 0 Å². The first kappa shape index (κ1) is 13.0. The van der Waals surface area contributed by atoms with Gasteiger partial charge in [-0.05, 0) is 38.1 Å². The molecule has 1 aromatic carbocycles. The highest BCUT2D eigenvalue weighted by Crippen LogP contribution is 2.18. The van der Waals surface area contributed by atoms with Gasteiger partial charge in [0.05, 0.1) is 11.3 Å². The summed E-state index contributed by atoms with van der Waals surface area (Å²) in [6.07, 6.45) is 1.66. The number of nitrogens with one attached hydrogen (secondary N) is 2. The molecule has 1 amide bonds. The Bertz CT molecular complexity index is 610. The lowest BCUT2D eigenvalue weighted by molar-refractivity contribution is 0.102. The van der Waals surface area contributed by atoms with Crippen LogP contribution < -0.4 is 16.6 Å². The van der Waals surface area contributed by atoms with Crippen molar-refractivity contribution in [2.45, 2.75) is 13.8 Å². The highest BCUT2D eigenvalue weighted by atomic mass is 16.1. The van der Waals surface area contributed by atoms with Crippen molar-refractivity contribution in [1.29, 1.82) is 0 Å². The lowest BCUT2D eigenvalue weighted by atomic mass is 10.1. The maximum absolute atomic E-state index is 12.2. The number of aryl methyl sites for hydroxylation is 2. The third-order valence-electron chi connectivity index (χ3n) is 2.73. The van der Waals surface area contributed by atoms with Crippen molar-refractivity contribution in [3.05, 3.63) is 53.3 Å². The van der Waals surface area contributed by atoms with Gasteiger partial charge in [-0.25, -0.2) is 0 Å². The van der Waals surface area contributed by atoms with Crippen LogP contribution in [0.2, 0.25) is 0 Å². The summed E-state index contributed by atoms with van der Waals surface area (Å²) in [5.74, 6) is 5.21. The Balaban J connectivity index is 2.27. The normalized spacial score (nSPS) is 10.1. The van der Waals surface area contributed by atoms with Crippen LogP contribution in [0, 0.1) is 13.8 Å². The number of anilines is 2. The number of hydrazine groups is 1. The van der Waals surface area contributed by atoms with E-state index in [9.17, 15) is 4.79 Å². The van der Waals surface area contributed by atoms with Crippen LogP contribution in [0.3, 0.4) is 0 Å². The summed E-state index contributed by atoms with van der Waals surface area (Å²) in [5.41, 5.74) is 6.18. The van der Waals surface area contributed by atoms with Crippen LogP contribution in [0.25, 0.3) is 0 Å². The van der Waals surface area contributed by atoms with Crippen LogP contribution in [-0.4, -0.2) is 10.9 Å². The van der Waals surface area contributed by atoms with E-state index in [0.717, 1.165) is 11.3 Å². The van der Waals surface area contributed by atoms with Crippen molar-refractivity contribution in [1.82, 2.24) is 4.98 Å². The van der Waals surface area contributed by atoms with Gasteiger partial charge in [0.25, 0.3) is 5.91 Å². The molecule has 1 heterocycles. The predicted octanol–water partition coefficient (Wildman–Crippen LogP) is 2.24. The Hall–Kier alpha value is -2.40. The topological polar surface area (TPSA) is 80.0 Å². The number of rotatable bonds is 3. The molecule has 98 valence electrons. The van der Waals surface area contributed by atoms with Gasteiger partial charge >= 0.3 is 0 Å². The zero-order valence-electron chi connectivity index (χ0n) is 10.9. The van der Waals surface area contributed by atoms with E-state index in [1.807, 2.05) is 26.0 Å². The smallest absolute Gasteiger partial charge is 0.257 e. The van der Waals surface area contributed by atoms with E-state index >= 15 is 0 Å². The molecular weight excluding hydrogens is 240 g/mol. The van der Waals surface area contributed by atoms with Gasteiger partial charge in [0.15, 0.2) is 0 Å². The molecule has 0 aliphatic carbocycles. The van der Waals surface area contributed by atoms with Crippen LogP contribution in [-0.2, 0) is 0 Å². The van der Waals surface area contributed by atoms with E-state index in [2.05, 4.69) is 15.7 Å². The van der Waals surface area contributed by atoms with E-state index in [0.29, 0.717) is 16.9 Å². The summed E-state index contributed by atoms with van der Waals surface area (Å²) >= 11 is 0. The van der Waals surface area contributed by atoms with Gasteiger partial charge in [0.1, 0.15) is 0 Å². The van der Waals surface area contributed by atoms with Crippen molar-refractivity contribution in [2.24, 2.45) is 5.84 Å². The minimum atomic E-state index is -0.206. The maximum atomic E-state index is 12.2. The lowest BCUT2D eigenvalue weighted by Crippen LogP contribution is -2.17. The number of hydrogen-bond acceptors (Lipinski definition) is 4. The highest BCUT2D eigenvalue weighted by Gasteiger charge is 2.11. The molecule has 0 radical (unpaired) electrons. The largest absolute Gasteiger partial charge is 0.323 e. The molecule has 19 heavy (non-hydrogen) atoms. The van der Waals surface area contributed by atoms with Crippen LogP contribution in [0.4, 0.5) is 11.4 Å². The Labute approximate surface area is 111 Å². The van der Waals surface area contributed by atoms with Gasteiger partial charge in [-0.1, -0.05) is 11.6 Å². The van der Waals surface area contributed by atoms with E-state index in [1.165, 1.54) is 0 Å². The average molecular weight is 256 g/mol. The molecule has 1 aromatic heterocycles. The minimum Gasteiger partial charge on any atom is -0.323 e. The zero-order valence-corrected chi connectivity index (χ0v) is 10.9. The molecule has 2 rings (SSSR count). The van der Waals surface area contributed by atoms with Gasteiger partial charge < -0.3 is 10.7 Å². The van der Waals surface area contributed by atoms with E-state index < -0.39 is 0 Å². The Morgan fingerprint density at radius 1 is 1.21 bits per heavy atom. The predicted molar refractivity (Wildman–Crippen MR) is 75.9 cm³/mol. The van der Waals surface area contributed by atoms with Crippen LogP contribution in [0.5, 0.6) is 0 Å². The second-order valence-electron chi connectivity index (χ2n) is 4.33. The van der Waals surface area contributed by atoms with E-state index in [1.54, 1.807) is 24.4 Å². The molecule has 0 atom stereocenters. The Morgan fingerprint density at radius 2 is 2.00 bits per heavy atom. The maximum Gasteiger partial charge on any atom is 0.257 e. The third kappa shape index (κ3) is 3.08. The first-order valence-corrected chi connectivity index (χ1v) is 5.91. The molecule has 5 nitrogen and oxygen atoms in total. The van der Waals surface area contributed by atoms with Crippen molar-refractivity contribution >= 4 is 17.3 Å². The summed E-state index contributed by atoms with van der Waals surface area (Å²) < 4.78 is 0. The quantitative estimate of drug-likeness (QED) is 0.581. The molecule has 0 unspecified atom stereocenters. The molecule has 2 aromatic rings. The van der Waals surface area contributed by atoms with Crippen LogP contribution >= 0.6 is 0 Å². The second-order valence-corrected chi connectivity index (χ2v) is 4.33. The zero-order chi connectivity index (χ0) is 13.8. The van der Waals surface area contributed by atoms with Gasteiger partial charge in [-0.2, -0.15) is 0 Å². The first-order valence-electron chi connectivity index (χ1n) is 5.91. The van der Waals surface area contributed by atoms with E-state index in [4.69, 9.17) is 5.84 Å². The minimum absolute atomic E-state index is 0.206. The van der Waals surface area contributed by atoms with Gasteiger partial charge in [0.2, 0.25) is 0 Å². The third-order valence-corrected chi connectivity index (χ3v) is 2.73. The monoisotopic (exact) mass is 256 g/mol. The number of hydrogen-bond donors (Lipinski definition) is 3. The molecule has 5 heteroatoms. The fourth-order valence-electron chi connectivity index (χ4n) is 1.79. The number of nitrogens with zero attached hydrogens (tertiary/aromatic N) is 1. The number of nitrogens with two attached hydrogens (primary N) is 1. The molecule has 0 aliphatic rings. The molecule has 0 saturated heterocycles. The summed E-state index contributed by atoms with van der Waals surface area (Å²) in [6, 6.07) is 9.02. The van der Waals surface area contributed by atoms with Gasteiger partial charge in [0, 0.05) is 17.6 Å². The van der Waals surface area contributed by atoms with Crippen LogP contribution in [0.15, 0.2) is 36.5 Å². The van der Waals surface area contributed by atoms with Crippen LogP contribution in [0.1, 0.15) is 21.6 Å². The summed E-state index contributed by atoms with van der Waals surface area (Å²) in [5, 5.41) is 2.83. The van der Waals surface area contributed by atoms with Crippen molar-refractivity contribution < 1.29 is 4.79 Å². The number of pyridine rings is 1. The first-order chi connectivity index (χ1) is 9.10. The number of nitrogen functional groups attached to an aromatic ring is 1. The van der Waals surface area contributed by atoms with Crippen molar-refractivity contribution in [2.75, 3.05) is 10.7 Å². The fraction of sp³-hybridized carbons (Fsp3) is 0.143. The number of benzene rings is 1. The highest BCUT2D eigenvalue weighted by molar-refractivity contribution is 6.08. The second kappa shape index (κ2) is 5.49. The number of amides is 1. The molecular formula is C14H16N4O. The molecule has 0 aliphatic heterocycles. The average Bonchev–Trinajstić information content (AvgIpc) is 2.38. The number of carbonyl (C=O) groups excluding carboxylic acids is 1. The Kier molecular flexibility index (Phi) is 3.77. The van der Waals surface area contributed by atoms with Crippen molar-refractivity contribution in [3.8, 4) is 0 Å². The molecule has 0 fully saturated rings. The Morgan fingerprint density at radius 3 is 2.68 bits per heavy atom. The number of carbonyl (C=O) groups is 1. The standard InChI is InChI=1S/C14H16N4O/c1-9-3-4-13(18-15)12(7-9)14(19)17-11-5-6-16-10(2)8-11/h3-8,18H,15H2,1-2H3,(H,16,17,19). The summed E-state index contributed by atoms with van der Waals surface area (Å²) in [6.45, 7) is 3.79. The lowest BCUT2D eigenvalue weighted by Gasteiger charge is -2.10. The molecule has 0 spiro atoms.